The lowest BCUT2D eigenvalue weighted by Crippen LogP contribution is -2.34. The zero-order valence-electron chi connectivity index (χ0n) is 12.7. The first kappa shape index (κ1) is 15.0. The summed E-state index contributed by atoms with van der Waals surface area (Å²) in [7, 11) is 0. The fraction of sp³-hybridized carbons (Fsp3) is 0.294. The Balaban J connectivity index is 2.06. The predicted octanol–water partition coefficient (Wildman–Crippen LogP) is 2.64. The molecule has 2 rings (SSSR count). The molecule has 2 aromatic rings. The highest BCUT2D eigenvalue weighted by atomic mass is 16.1. The van der Waals surface area contributed by atoms with E-state index in [1.54, 1.807) is 19.2 Å². The zero-order chi connectivity index (χ0) is 15.4. The van der Waals surface area contributed by atoms with Crippen LogP contribution in [0.25, 0.3) is 0 Å². The number of nitrogens with two attached hydrogens (primary N) is 1. The number of nitrogen functional groups attached to an aromatic ring is 1. The molecule has 0 fully saturated rings. The molecule has 0 spiro atoms. The van der Waals surface area contributed by atoms with Crippen molar-refractivity contribution in [2.75, 3.05) is 5.73 Å². The van der Waals surface area contributed by atoms with Crippen LogP contribution in [0.15, 0.2) is 36.5 Å². The standard InChI is InChI=1S/C17H21N3O/c1-11-6-4-5-7-14(11)8-12(2)20-17(21)16-9-15(18)10-19-13(16)3/h4-7,9-10,12H,8,18H2,1-3H3,(H,20,21). The molecule has 0 saturated carbocycles. The average Bonchev–Trinajstić information content (AvgIpc) is 2.44. The van der Waals surface area contributed by atoms with Crippen molar-refractivity contribution in [2.45, 2.75) is 33.2 Å². The second-order valence-corrected chi connectivity index (χ2v) is 5.41. The Kier molecular flexibility index (Phi) is 4.58. The number of anilines is 1. The lowest BCUT2D eigenvalue weighted by molar-refractivity contribution is 0.0939. The number of aryl methyl sites for hydroxylation is 2. The van der Waals surface area contributed by atoms with E-state index in [1.807, 2.05) is 19.1 Å². The van der Waals surface area contributed by atoms with E-state index in [9.17, 15) is 4.79 Å². The minimum Gasteiger partial charge on any atom is -0.397 e. The number of hydrogen-bond donors (Lipinski definition) is 2. The monoisotopic (exact) mass is 283 g/mol. The van der Waals surface area contributed by atoms with E-state index in [0.717, 1.165) is 6.42 Å². The number of benzene rings is 1. The van der Waals surface area contributed by atoms with Gasteiger partial charge in [0, 0.05) is 6.04 Å². The van der Waals surface area contributed by atoms with Crippen LogP contribution in [0.5, 0.6) is 0 Å². The molecule has 1 atom stereocenters. The van der Waals surface area contributed by atoms with Gasteiger partial charge in [0.05, 0.1) is 23.1 Å². The molecule has 1 aromatic carbocycles. The third kappa shape index (κ3) is 3.81. The highest BCUT2D eigenvalue weighted by Gasteiger charge is 2.14. The summed E-state index contributed by atoms with van der Waals surface area (Å²) in [5.74, 6) is -0.131. The fourth-order valence-corrected chi connectivity index (χ4v) is 2.30. The Labute approximate surface area is 125 Å². The van der Waals surface area contributed by atoms with Crippen molar-refractivity contribution >= 4 is 11.6 Å². The molecule has 0 aliphatic rings. The van der Waals surface area contributed by atoms with Crippen LogP contribution in [-0.4, -0.2) is 16.9 Å². The lowest BCUT2D eigenvalue weighted by atomic mass is 10.0. The molecule has 0 aliphatic carbocycles. The first-order chi connectivity index (χ1) is 9.97. The van der Waals surface area contributed by atoms with Crippen LogP contribution in [0.1, 0.15) is 34.1 Å². The third-order valence-corrected chi connectivity index (χ3v) is 3.52. The number of hydrogen-bond acceptors (Lipinski definition) is 3. The van der Waals surface area contributed by atoms with Crippen molar-refractivity contribution in [1.29, 1.82) is 0 Å². The number of aromatic nitrogens is 1. The fourth-order valence-electron chi connectivity index (χ4n) is 2.30. The maximum Gasteiger partial charge on any atom is 0.253 e. The van der Waals surface area contributed by atoms with Gasteiger partial charge in [-0.05, 0) is 44.4 Å². The molecular formula is C17H21N3O. The second-order valence-electron chi connectivity index (χ2n) is 5.41. The Morgan fingerprint density at radius 2 is 2.05 bits per heavy atom. The Hall–Kier alpha value is -2.36. The molecular weight excluding hydrogens is 262 g/mol. The van der Waals surface area contributed by atoms with Crippen LogP contribution >= 0.6 is 0 Å². The summed E-state index contributed by atoms with van der Waals surface area (Å²) in [6.07, 6.45) is 2.36. The van der Waals surface area contributed by atoms with Crippen molar-refractivity contribution < 1.29 is 4.79 Å². The van der Waals surface area contributed by atoms with Crippen molar-refractivity contribution in [3.05, 3.63) is 58.9 Å². The Morgan fingerprint density at radius 3 is 2.76 bits per heavy atom. The van der Waals surface area contributed by atoms with E-state index in [1.165, 1.54) is 11.1 Å². The van der Waals surface area contributed by atoms with Gasteiger partial charge in [-0.2, -0.15) is 0 Å². The van der Waals surface area contributed by atoms with Crippen molar-refractivity contribution in [3.63, 3.8) is 0 Å². The van der Waals surface area contributed by atoms with Gasteiger partial charge in [0.25, 0.3) is 5.91 Å². The van der Waals surface area contributed by atoms with Gasteiger partial charge in [0.1, 0.15) is 0 Å². The highest BCUT2D eigenvalue weighted by Crippen LogP contribution is 2.12. The van der Waals surface area contributed by atoms with E-state index >= 15 is 0 Å². The van der Waals surface area contributed by atoms with Gasteiger partial charge in [-0.1, -0.05) is 24.3 Å². The van der Waals surface area contributed by atoms with E-state index in [2.05, 4.69) is 29.4 Å². The molecule has 21 heavy (non-hydrogen) atoms. The van der Waals surface area contributed by atoms with Crippen LogP contribution in [0.4, 0.5) is 5.69 Å². The zero-order valence-corrected chi connectivity index (χ0v) is 12.7. The molecule has 0 aliphatic heterocycles. The summed E-state index contributed by atoms with van der Waals surface area (Å²) in [6, 6.07) is 9.91. The maximum atomic E-state index is 12.3. The predicted molar refractivity (Wildman–Crippen MR) is 85.2 cm³/mol. The third-order valence-electron chi connectivity index (χ3n) is 3.52. The average molecular weight is 283 g/mol. The SMILES string of the molecule is Cc1ccccc1CC(C)NC(=O)c1cc(N)cnc1C. The maximum absolute atomic E-state index is 12.3. The second kappa shape index (κ2) is 6.39. The number of amides is 1. The van der Waals surface area contributed by atoms with Crippen LogP contribution in [0, 0.1) is 13.8 Å². The molecule has 1 heterocycles. The first-order valence-electron chi connectivity index (χ1n) is 7.05. The number of nitrogens with one attached hydrogen (secondary N) is 1. The molecule has 1 unspecified atom stereocenters. The van der Waals surface area contributed by atoms with Crippen molar-refractivity contribution in [3.8, 4) is 0 Å². The Morgan fingerprint density at radius 1 is 1.33 bits per heavy atom. The van der Waals surface area contributed by atoms with Gasteiger partial charge in [-0.25, -0.2) is 0 Å². The van der Waals surface area contributed by atoms with Gasteiger partial charge >= 0.3 is 0 Å². The first-order valence-corrected chi connectivity index (χ1v) is 7.05. The number of rotatable bonds is 4. The van der Waals surface area contributed by atoms with Crippen LogP contribution in [0.2, 0.25) is 0 Å². The van der Waals surface area contributed by atoms with Crippen molar-refractivity contribution in [1.82, 2.24) is 10.3 Å². The Bertz CT molecular complexity index is 652. The van der Waals surface area contributed by atoms with Gasteiger partial charge in [-0.3, -0.25) is 9.78 Å². The summed E-state index contributed by atoms with van der Waals surface area (Å²) in [5.41, 5.74) is 9.89. The molecule has 1 amide bonds. The summed E-state index contributed by atoms with van der Waals surface area (Å²) in [6.45, 7) is 5.88. The molecule has 0 bridgehead atoms. The highest BCUT2D eigenvalue weighted by molar-refractivity contribution is 5.96. The summed E-state index contributed by atoms with van der Waals surface area (Å²) < 4.78 is 0. The number of nitrogens with zero attached hydrogens (tertiary/aromatic N) is 1. The van der Waals surface area contributed by atoms with Crippen LogP contribution in [0.3, 0.4) is 0 Å². The van der Waals surface area contributed by atoms with Crippen LogP contribution in [-0.2, 0) is 6.42 Å². The molecule has 110 valence electrons. The largest absolute Gasteiger partial charge is 0.397 e. The van der Waals surface area contributed by atoms with E-state index in [-0.39, 0.29) is 11.9 Å². The molecule has 4 nitrogen and oxygen atoms in total. The summed E-state index contributed by atoms with van der Waals surface area (Å²) >= 11 is 0. The van der Waals surface area contributed by atoms with Crippen molar-refractivity contribution in [2.24, 2.45) is 0 Å². The molecule has 1 aromatic heterocycles. The topological polar surface area (TPSA) is 68.0 Å². The van der Waals surface area contributed by atoms with E-state index in [0.29, 0.717) is 16.9 Å². The summed E-state index contributed by atoms with van der Waals surface area (Å²) in [5, 5.41) is 3.01. The smallest absolute Gasteiger partial charge is 0.253 e. The molecule has 0 saturated heterocycles. The van der Waals surface area contributed by atoms with E-state index < -0.39 is 0 Å². The molecule has 0 radical (unpaired) electrons. The van der Waals surface area contributed by atoms with Gasteiger partial charge in [0.2, 0.25) is 0 Å². The number of carbonyl (C=O) groups is 1. The molecule has 4 heteroatoms. The lowest BCUT2D eigenvalue weighted by Gasteiger charge is -2.16. The number of carbonyl (C=O) groups excluding carboxylic acids is 1. The normalized spacial score (nSPS) is 12.0. The van der Waals surface area contributed by atoms with Gasteiger partial charge < -0.3 is 11.1 Å². The quantitative estimate of drug-likeness (QED) is 0.906. The minimum atomic E-state index is -0.131. The summed E-state index contributed by atoms with van der Waals surface area (Å²) in [4.78, 5) is 16.4. The van der Waals surface area contributed by atoms with Gasteiger partial charge in [-0.15, -0.1) is 0 Å². The molecule has 3 N–H and O–H groups in total. The minimum absolute atomic E-state index is 0.0411. The van der Waals surface area contributed by atoms with Crippen LogP contribution < -0.4 is 11.1 Å². The van der Waals surface area contributed by atoms with Gasteiger partial charge in [0.15, 0.2) is 0 Å². The number of pyridine rings is 1. The van der Waals surface area contributed by atoms with E-state index in [4.69, 9.17) is 5.73 Å².